The highest BCUT2D eigenvalue weighted by Crippen LogP contribution is 2.43. The maximum absolute atomic E-state index is 14.3. The van der Waals surface area contributed by atoms with E-state index in [0.717, 1.165) is 60.5 Å². The minimum Gasteiger partial charge on any atom is -0.493 e. The summed E-state index contributed by atoms with van der Waals surface area (Å²) in [5, 5.41) is 32.8. The van der Waals surface area contributed by atoms with Crippen molar-refractivity contribution in [2.45, 2.75) is 48.5 Å². The average molecular weight is 720 g/mol. The fraction of sp³-hybridized carbons (Fsp3) is 0.306. The third-order valence-electron chi connectivity index (χ3n) is 8.99. The zero-order valence-corrected chi connectivity index (χ0v) is 29.7. The maximum atomic E-state index is 14.3. The Bertz CT molecular complexity index is 2240. The third kappa shape index (κ3) is 6.31. The molecule has 13 heteroatoms. The Hall–Kier alpha value is -3.97. The molecule has 0 radical (unpaired) electrons. The van der Waals surface area contributed by atoms with E-state index in [1.807, 2.05) is 47.6 Å². The van der Waals surface area contributed by atoms with Gasteiger partial charge in [-0.05, 0) is 73.2 Å². The monoisotopic (exact) mass is 719 g/mol. The number of carboxylic acids is 1. The highest BCUT2D eigenvalue weighted by atomic mass is 35.5. The van der Waals surface area contributed by atoms with E-state index >= 15 is 0 Å². The number of nitrogens with zero attached hydrogens (tertiary/aromatic N) is 5. The molecular weight excluding hydrogens is 685 g/mol. The van der Waals surface area contributed by atoms with E-state index in [1.54, 1.807) is 41.2 Å². The lowest BCUT2D eigenvalue weighted by Gasteiger charge is -2.13. The van der Waals surface area contributed by atoms with Crippen molar-refractivity contribution < 1.29 is 24.1 Å². The molecule has 9 nitrogen and oxygen atoms in total. The molecule has 3 aromatic carbocycles. The topological polar surface area (TPSA) is 107 Å². The van der Waals surface area contributed by atoms with Crippen molar-refractivity contribution in [2.75, 3.05) is 13.2 Å². The first-order chi connectivity index (χ1) is 23.6. The first-order valence-corrected chi connectivity index (χ1v) is 18.5. The van der Waals surface area contributed by atoms with Gasteiger partial charge in [0.1, 0.15) is 17.3 Å². The molecule has 0 saturated carbocycles. The minimum absolute atomic E-state index is 0.0794. The van der Waals surface area contributed by atoms with E-state index < -0.39 is 5.97 Å². The summed E-state index contributed by atoms with van der Waals surface area (Å²) in [7, 11) is 3.70. The number of rotatable bonds is 3. The Morgan fingerprint density at radius 3 is 2.65 bits per heavy atom. The van der Waals surface area contributed by atoms with Crippen LogP contribution in [-0.4, -0.2) is 53.5 Å². The van der Waals surface area contributed by atoms with Crippen LogP contribution in [0.2, 0.25) is 5.02 Å². The van der Waals surface area contributed by atoms with E-state index in [1.165, 1.54) is 12.1 Å². The summed E-state index contributed by atoms with van der Waals surface area (Å²) in [6.07, 6.45) is 1.000. The minimum atomic E-state index is -1.03. The van der Waals surface area contributed by atoms with Crippen molar-refractivity contribution in [2.24, 2.45) is 14.1 Å². The molecule has 8 bridgehead atoms. The van der Waals surface area contributed by atoms with Gasteiger partial charge >= 0.3 is 5.97 Å². The van der Waals surface area contributed by atoms with Crippen LogP contribution in [0, 0.1) is 12.7 Å². The Morgan fingerprint density at radius 2 is 1.86 bits per heavy atom. The quantitative estimate of drug-likeness (QED) is 0.191. The molecule has 0 unspecified atom stereocenters. The zero-order valence-electron chi connectivity index (χ0n) is 27.3. The largest absolute Gasteiger partial charge is 0.493 e. The molecule has 3 aromatic heterocycles. The molecule has 2 N–H and O–H groups in total. The number of hydrogen-bond acceptors (Lipinski definition) is 7. The van der Waals surface area contributed by atoms with Crippen LogP contribution in [0.15, 0.2) is 53.4 Å². The number of hydrogen-bond donors (Lipinski definition) is 2. The van der Waals surface area contributed by atoms with Gasteiger partial charge in [0.15, 0.2) is 0 Å². The molecule has 0 atom stereocenters. The van der Waals surface area contributed by atoms with Gasteiger partial charge in [-0.3, -0.25) is 9.36 Å². The number of aliphatic hydroxyl groups excluding tert-OH is 1. The summed E-state index contributed by atoms with van der Waals surface area (Å²) >= 11 is 10.3. The van der Waals surface area contributed by atoms with Gasteiger partial charge in [-0.25, -0.2) is 9.18 Å². The Balaban J connectivity index is 1.37. The number of aliphatic hydroxyl groups is 1. The summed E-state index contributed by atoms with van der Waals surface area (Å²) in [5.74, 6) is 1.19. The summed E-state index contributed by atoms with van der Waals surface area (Å²) in [5.41, 5.74) is 6.83. The average Bonchev–Trinajstić information content (AvgIpc) is 3.67. The fourth-order valence-electron chi connectivity index (χ4n) is 6.84. The predicted molar refractivity (Wildman–Crippen MR) is 193 cm³/mol. The van der Waals surface area contributed by atoms with Crippen molar-refractivity contribution >= 4 is 62.8 Å². The molecule has 1 aliphatic rings. The molecule has 6 aromatic rings. The molecule has 254 valence electrons. The fourth-order valence-corrected chi connectivity index (χ4v) is 9.02. The summed E-state index contributed by atoms with van der Waals surface area (Å²) in [6.45, 7) is 2.49. The smallest absolute Gasteiger partial charge is 0.352 e. The van der Waals surface area contributed by atoms with Crippen molar-refractivity contribution in [3.63, 3.8) is 0 Å². The molecule has 7 rings (SSSR count). The van der Waals surface area contributed by atoms with Crippen molar-refractivity contribution in [1.82, 2.24) is 24.1 Å². The summed E-state index contributed by atoms with van der Waals surface area (Å²) in [6, 6.07) is 14.5. The maximum Gasteiger partial charge on any atom is 0.352 e. The highest BCUT2D eigenvalue weighted by Gasteiger charge is 2.28. The molecule has 0 aliphatic carbocycles. The van der Waals surface area contributed by atoms with Gasteiger partial charge in [-0.15, -0.1) is 23.5 Å². The summed E-state index contributed by atoms with van der Waals surface area (Å²) in [4.78, 5) is 13.7. The highest BCUT2D eigenvalue weighted by molar-refractivity contribution is 7.98. The normalized spacial score (nSPS) is 14.2. The van der Waals surface area contributed by atoms with Crippen LogP contribution in [0.5, 0.6) is 5.75 Å². The van der Waals surface area contributed by atoms with Crippen LogP contribution in [0.1, 0.15) is 45.2 Å². The molecule has 0 amide bonds. The zero-order chi connectivity index (χ0) is 34.4. The van der Waals surface area contributed by atoms with Crippen LogP contribution in [0.3, 0.4) is 0 Å². The van der Waals surface area contributed by atoms with Crippen molar-refractivity contribution in [3.05, 3.63) is 93.4 Å². The second kappa shape index (κ2) is 13.7. The van der Waals surface area contributed by atoms with Crippen LogP contribution >= 0.6 is 35.1 Å². The standard InChI is InChI=1S/C36H35ClFN5O4S2/c1-20-32-30(43(39-20)10-11-44)19-48-17-23-15-24(42(3)40-23)18-49-25-14-21-13-22(38)6-7-26(21)31(16-25)47-12-4-5-27-28-8-9-29(37)33(32)34(28)41(2)35(27)36(45)46/h6-9,13-16,44H,4-5,10-12,17-19H2,1-3H3,(H,45,46). The lowest BCUT2D eigenvalue weighted by molar-refractivity contribution is 0.0685. The predicted octanol–water partition coefficient (Wildman–Crippen LogP) is 7.77. The van der Waals surface area contributed by atoms with Crippen LogP contribution in [-0.2, 0) is 44.3 Å². The molecule has 49 heavy (non-hydrogen) atoms. The second-order valence-corrected chi connectivity index (χ2v) is 14.6. The molecule has 1 aliphatic heterocycles. The number of ether oxygens (including phenoxy) is 1. The van der Waals surface area contributed by atoms with Crippen LogP contribution < -0.4 is 4.74 Å². The van der Waals surface area contributed by atoms with Gasteiger partial charge in [-0.2, -0.15) is 10.2 Å². The number of aromatic nitrogens is 5. The van der Waals surface area contributed by atoms with Gasteiger partial charge in [-0.1, -0.05) is 17.7 Å². The number of carbonyl (C=O) groups is 1. The van der Waals surface area contributed by atoms with Gasteiger partial charge in [0, 0.05) is 63.8 Å². The van der Waals surface area contributed by atoms with Crippen LogP contribution in [0.25, 0.3) is 32.8 Å². The number of fused-ring (bicyclic) bond motifs is 8. The summed E-state index contributed by atoms with van der Waals surface area (Å²) < 4.78 is 26.1. The second-order valence-electron chi connectivity index (χ2n) is 12.1. The van der Waals surface area contributed by atoms with E-state index in [9.17, 15) is 19.4 Å². The molecule has 4 heterocycles. The van der Waals surface area contributed by atoms with E-state index in [4.69, 9.17) is 26.5 Å². The number of carboxylic acid groups (broad SMARTS) is 1. The van der Waals surface area contributed by atoms with Crippen LogP contribution in [0.4, 0.5) is 4.39 Å². The lowest BCUT2D eigenvalue weighted by Crippen LogP contribution is -2.09. The number of halogens is 2. The third-order valence-corrected chi connectivity index (χ3v) is 11.3. The Labute approximate surface area is 296 Å². The number of aromatic carboxylic acids is 1. The molecule has 0 spiro atoms. The number of aryl methyl sites for hydroxylation is 4. The number of benzene rings is 3. The van der Waals surface area contributed by atoms with E-state index in [2.05, 4.69) is 6.07 Å². The SMILES string of the molecule is Cc1nn(CCO)c2c1-c1c(Cl)ccc3c(c(C(=O)O)n(C)c13)CCCOc1cc(cc3cc(F)ccc13)SCc1cc(nn1C)CSC2. The first-order valence-electron chi connectivity index (χ1n) is 15.9. The number of thioether (sulfide) groups is 2. The van der Waals surface area contributed by atoms with Crippen molar-refractivity contribution in [3.8, 4) is 16.9 Å². The van der Waals surface area contributed by atoms with E-state index in [0.29, 0.717) is 59.6 Å². The molecule has 0 saturated heterocycles. The van der Waals surface area contributed by atoms with Gasteiger partial charge in [0.05, 0.1) is 47.4 Å². The van der Waals surface area contributed by atoms with Gasteiger partial charge in [0.25, 0.3) is 0 Å². The van der Waals surface area contributed by atoms with Crippen molar-refractivity contribution in [1.29, 1.82) is 0 Å². The Morgan fingerprint density at radius 1 is 1.04 bits per heavy atom. The Kier molecular flexibility index (Phi) is 9.40. The lowest BCUT2D eigenvalue weighted by atomic mass is 9.98. The van der Waals surface area contributed by atoms with Gasteiger partial charge < -0.3 is 19.5 Å². The van der Waals surface area contributed by atoms with E-state index in [-0.39, 0.29) is 18.1 Å². The first kappa shape index (κ1) is 33.5. The molecular formula is C36H35ClFN5O4S2. The molecule has 0 fully saturated rings. The van der Waals surface area contributed by atoms with Gasteiger partial charge in [0.2, 0.25) is 0 Å².